The van der Waals surface area contributed by atoms with E-state index in [2.05, 4.69) is 5.32 Å². The second-order valence-corrected chi connectivity index (χ2v) is 7.18. The smallest absolute Gasteiger partial charge is 0.414 e. The second kappa shape index (κ2) is 6.32. The molecule has 0 heterocycles. The van der Waals surface area contributed by atoms with Gasteiger partial charge in [-0.15, -0.1) is 0 Å². The minimum atomic E-state index is -0.841. The molecule has 6 heteroatoms. The summed E-state index contributed by atoms with van der Waals surface area (Å²) in [5.74, 6) is -0.842. The Hall–Kier alpha value is -1.88. The number of amides is 2. The van der Waals surface area contributed by atoms with Gasteiger partial charge in [0.05, 0.1) is 11.8 Å². The summed E-state index contributed by atoms with van der Waals surface area (Å²) in [6.07, 6.45) is 0.217. The standard InChI is InChI=1S/C17H20ClNO4/c1-16(2,3)23-15(22)19-14(21)10-13(20)17(8-9-17)11-4-6-12(18)7-5-11/h4-7H,8-10H2,1-3H3,(H,19,21,22). The first kappa shape index (κ1) is 17.5. The van der Waals surface area contributed by atoms with Gasteiger partial charge in [-0.25, -0.2) is 4.79 Å². The van der Waals surface area contributed by atoms with Gasteiger partial charge in [-0.05, 0) is 51.3 Å². The quantitative estimate of drug-likeness (QED) is 0.855. The maximum atomic E-state index is 12.4. The van der Waals surface area contributed by atoms with Crippen molar-refractivity contribution in [3.8, 4) is 0 Å². The SMILES string of the molecule is CC(C)(C)OC(=O)NC(=O)CC(=O)C1(c2ccc(Cl)cc2)CC1. The molecule has 1 N–H and O–H groups in total. The van der Waals surface area contributed by atoms with Crippen molar-refractivity contribution >= 4 is 29.4 Å². The first-order valence-corrected chi connectivity index (χ1v) is 7.82. The topological polar surface area (TPSA) is 72.5 Å². The average molecular weight is 338 g/mol. The molecule has 0 aromatic heterocycles. The zero-order valence-corrected chi connectivity index (χ0v) is 14.2. The number of ketones is 1. The summed E-state index contributed by atoms with van der Waals surface area (Å²) < 4.78 is 4.99. The number of carbonyl (C=O) groups is 3. The number of ether oxygens (including phenoxy) is 1. The average Bonchev–Trinajstić information content (AvgIpc) is 3.18. The Balaban J connectivity index is 1.95. The summed E-state index contributed by atoms with van der Waals surface area (Å²) in [7, 11) is 0. The van der Waals surface area contributed by atoms with E-state index in [9.17, 15) is 14.4 Å². The molecule has 0 spiro atoms. The largest absolute Gasteiger partial charge is 0.444 e. The predicted molar refractivity (Wildman–Crippen MR) is 86.4 cm³/mol. The molecule has 0 atom stereocenters. The Labute approximate surface area is 140 Å². The number of nitrogens with one attached hydrogen (secondary N) is 1. The Morgan fingerprint density at radius 3 is 2.22 bits per heavy atom. The van der Waals surface area contributed by atoms with Crippen molar-refractivity contribution in [2.45, 2.75) is 51.0 Å². The van der Waals surface area contributed by atoms with Crippen LogP contribution in [0.5, 0.6) is 0 Å². The molecule has 5 nitrogen and oxygen atoms in total. The van der Waals surface area contributed by atoms with E-state index >= 15 is 0 Å². The third kappa shape index (κ3) is 4.55. The number of carbonyl (C=O) groups excluding carboxylic acids is 3. The lowest BCUT2D eigenvalue weighted by molar-refractivity contribution is -0.129. The van der Waals surface area contributed by atoms with E-state index in [1.54, 1.807) is 45.0 Å². The Morgan fingerprint density at radius 2 is 1.74 bits per heavy atom. The molecule has 23 heavy (non-hydrogen) atoms. The molecule has 1 aromatic rings. The molecule has 0 bridgehead atoms. The fraction of sp³-hybridized carbons (Fsp3) is 0.471. The number of Topliss-reactive ketones (excluding diaryl/α,β-unsaturated/α-hetero) is 1. The summed E-state index contributed by atoms with van der Waals surface area (Å²) in [5, 5.41) is 2.68. The molecule has 1 saturated carbocycles. The highest BCUT2D eigenvalue weighted by molar-refractivity contribution is 6.30. The minimum absolute atomic E-state index is 0.194. The van der Waals surface area contributed by atoms with E-state index in [0.29, 0.717) is 17.9 Å². The van der Waals surface area contributed by atoms with Gasteiger partial charge in [0.15, 0.2) is 5.78 Å². The van der Waals surface area contributed by atoms with Crippen LogP contribution in [0.1, 0.15) is 45.6 Å². The number of imide groups is 1. The molecule has 1 aromatic carbocycles. The normalized spacial score (nSPS) is 15.7. The third-order valence-corrected chi connectivity index (χ3v) is 3.89. The highest BCUT2D eigenvalue weighted by atomic mass is 35.5. The lowest BCUT2D eigenvalue weighted by atomic mass is 9.89. The number of rotatable bonds is 4. The molecule has 0 saturated heterocycles. The maximum Gasteiger partial charge on any atom is 0.414 e. The molecule has 2 amide bonds. The van der Waals surface area contributed by atoms with E-state index in [1.165, 1.54) is 0 Å². The molecule has 1 aliphatic carbocycles. The molecule has 0 radical (unpaired) electrons. The van der Waals surface area contributed by atoms with Crippen molar-refractivity contribution in [1.82, 2.24) is 5.32 Å². The number of alkyl carbamates (subject to hydrolysis) is 1. The number of halogens is 1. The lowest BCUT2D eigenvalue weighted by Gasteiger charge is -2.19. The predicted octanol–water partition coefficient (Wildman–Crippen LogP) is 3.38. The van der Waals surface area contributed by atoms with Gasteiger partial charge in [-0.2, -0.15) is 0 Å². The lowest BCUT2D eigenvalue weighted by Crippen LogP contribution is -2.38. The number of hydrogen-bond acceptors (Lipinski definition) is 4. The van der Waals surface area contributed by atoms with Gasteiger partial charge < -0.3 is 4.74 Å². The van der Waals surface area contributed by atoms with Crippen LogP contribution in [-0.4, -0.2) is 23.4 Å². The van der Waals surface area contributed by atoms with Crippen LogP contribution in [0.25, 0.3) is 0 Å². The molecule has 0 aliphatic heterocycles. The molecule has 1 fully saturated rings. The zero-order valence-electron chi connectivity index (χ0n) is 13.4. The van der Waals surface area contributed by atoms with Gasteiger partial charge in [0.25, 0.3) is 0 Å². The van der Waals surface area contributed by atoms with Gasteiger partial charge >= 0.3 is 6.09 Å². The van der Waals surface area contributed by atoms with Gasteiger partial charge in [0.2, 0.25) is 5.91 Å². The fourth-order valence-corrected chi connectivity index (χ4v) is 2.53. The van der Waals surface area contributed by atoms with Crippen molar-refractivity contribution in [1.29, 1.82) is 0 Å². The summed E-state index contributed by atoms with van der Waals surface area (Å²) in [6.45, 7) is 5.09. The van der Waals surface area contributed by atoms with Crippen LogP contribution < -0.4 is 5.32 Å². The monoisotopic (exact) mass is 337 g/mol. The number of hydrogen-bond donors (Lipinski definition) is 1. The van der Waals surface area contributed by atoms with E-state index in [4.69, 9.17) is 16.3 Å². The van der Waals surface area contributed by atoms with Gasteiger partial charge in [0.1, 0.15) is 5.60 Å². The molecule has 2 rings (SSSR count). The van der Waals surface area contributed by atoms with Crippen LogP contribution >= 0.6 is 11.6 Å². The summed E-state index contributed by atoms with van der Waals surface area (Å²) in [4.78, 5) is 35.8. The summed E-state index contributed by atoms with van der Waals surface area (Å²) in [6, 6.07) is 7.06. The Morgan fingerprint density at radius 1 is 1.17 bits per heavy atom. The van der Waals surface area contributed by atoms with E-state index in [0.717, 1.165) is 5.56 Å². The van der Waals surface area contributed by atoms with Crippen molar-refractivity contribution < 1.29 is 19.1 Å². The highest BCUT2D eigenvalue weighted by Crippen LogP contribution is 2.49. The summed E-state index contributed by atoms with van der Waals surface area (Å²) in [5.41, 5.74) is -0.456. The van der Waals surface area contributed by atoms with E-state index in [1.807, 2.05) is 0 Å². The molecule has 1 aliphatic rings. The van der Waals surface area contributed by atoms with Gasteiger partial charge in [-0.1, -0.05) is 23.7 Å². The first-order chi connectivity index (χ1) is 10.6. The zero-order chi connectivity index (χ0) is 17.3. The van der Waals surface area contributed by atoms with Crippen LogP contribution in [0.3, 0.4) is 0 Å². The summed E-state index contributed by atoms with van der Waals surface area (Å²) >= 11 is 5.86. The van der Waals surface area contributed by atoms with E-state index in [-0.39, 0.29) is 12.2 Å². The van der Waals surface area contributed by atoms with Crippen molar-refractivity contribution in [2.75, 3.05) is 0 Å². The Kier molecular flexibility index (Phi) is 4.80. The Bertz CT molecular complexity index is 627. The van der Waals surface area contributed by atoms with Gasteiger partial charge in [0, 0.05) is 5.02 Å². The van der Waals surface area contributed by atoms with Crippen LogP contribution in [0.15, 0.2) is 24.3 Å². The van der Waals surface area contributed by atoms with Crippen LogP contribution in [0.2, 0.25) is 5.02 Å². The fourth-order valence-electron chi connectivity index (χ4n) is 2.40. The van der Waals surface area contributed by atoms with Crippen molar-refractivity contribution in [2.24, 2.45) is 0 Å². The molecule has 124 valence electrons. The maximum absolute atomic E-state index is 12.4. The molecular formula is C17H20ClNO4. The number of benzene rings is 1. The first-order valence-electron chi connectivity index (χ1n) is 7.45. The van der Waals surface area contributed by atoms with Gasteiger partial charge in [-0.3, -0.25) is 14.9 Å². The third-order valence-electron chi connectivity index (χ3n) is 3.64. The minimum Gasteiger partial charge on any atom is -0.444 e. The molecule has 0 unspecified atom stereocenters. The van der Waals surface area contributed by atoms with E-state index < -0.39 is 23.0 Å². The van der Waals surface area contributed by atoms with Crippen LogP contribution in [-0.2, 0) is 19.7 Å². The highest BCUT2D eigenvalue weighted by Gasteiger charge is 2.50. The second-order valence-electron chi connectivity index (χ2n) is 6.74. The van der Waals surface area contributed by atoms with Crippen molar-refractivity contribution in [3.63, 3.8) is 0 Å². The van der Waals surface area contributed by atoms with Crippen molar-refractivity contribution in [3.05, 3.63) is 34.9 Å². The van der Waals surface area contributed by atoms with Crippen LogP contribution in [0, 0.1) is 0 Å². The van der Waals surface area contributed by atoms with Crippen LogP contribution in [0.4, 0.5) is 4.79 Å². The molecular weight excluding hydrogens is 318 g/mol.